The van der Waals surface area contributed by atoms with Gasteiger partial charge in [-0.2, -0.15) is 5.26 Å². The molecule has 0 aliphatic heterocycles. The van der Waals surface area contributed by atoms with Crippen LogP contribution in [0.25, 0.3) is 0 Å². The first-order valence-corrected chi connectivity index (χ1v) is 8.97. The van der Waals surface area contributed by atoms with E-state index >= 15 is 0 Å². The third-order valence-corrected chi connectivity index (χ3v) is 4.51. The van der Waals surface area contributed by atoms with Crippen molar-refractivity contribution >= 4 is 11.9 Å². The Kier molecular flexibility index (Phi) is 6.62. The highest BCUT2D eigenvalue weighted by Gasteiger charge is 2.35. The molecule has 140 valence electrons. The van der Waals surface area contributed by atoms with Gasteiger partial charge in [-0.1, -0.05) is 25.3 Å². The molecule has 0 spiro atoms. The zero-order chi connectivity index (χ0) is 19.2. The molecule has 1 atom stereocenters. The second-order valence-electron chi connectivity index (χ2n) is 6.99. The van der Waals surface area contributed by atoms with Gasteiger partial charge in [0, 0.05) is 0 Å². The number of ether oxygens (including phenoxy) is 2. The summed E-state index contributed by atoms with van der Waals surface area (Å²) in [6.07, 6.45) is 3.17. The Labute approximate surface area is 154 Å². The first-order chi connectivity index (χ1) is 12.3. The summed E-state index contributed by atoms with van der Waals surface area (Å²) in [5.74, 6) is -0.489. The summed E-state index contributed by atoms with van der Waals surface area (Å²) >= 11 is 0. The van der Waals surface area contributed by atoms with Crippen LogP contribution in [0.2, 0.25) is 0 Å². The maximum absolute atomic E-state index is 12.3. The number of aryl methyl sites for hydroxylation is 2. The fourth-order valence-electron chi connectivity index (χ4n) is 3.20. The van der Waals surface area contributed by atoms with Gasteiger partial charge in [-0.25, -0.2) is 4.79 Å². The van der Waals surface area contributed by atoms with Crippen LogP contribution in [0.3, 0.4) is 0 Å². The van der Waals surface area contributed by atoms with Crippen molar-refractivity contribution in [2.24, 2.45) is 0 Å². The third-order valence-electron chi connectivity index (χ3n) is 4.51. The lowest BCUT2D eigenvalue weighted by Crippen LogP contribution is -2.52. The average molecular weight is 358 g/mol. The van der Waals surface area contributed by atoms with E-state index in [2.05, 4.69) is 11.4 Å². The highest BCUT2D eigenvalue weighted by molar-refractivity contribution is 5.84. The minimum atomic E-state index is -0.975. The molecule has 6 heteroatoms. The van der Waals surface area contributed by atoms with Gasteiger partial charge in [0.05, 0.1) is 6.07 Å². The Hall–Kier alpha value is -2.55. The molecule has 6 nitrogen and oxygen atoms in total. The van der Waals surface area contributed by atoms with Crippen LogP contribution in [-0.2, 0) is 14.3 Å². The Morgan fingerprint density at radius 2 is 1.81 bits per heavy atom. The Bertz CT molecular complexity index is 682. The van der Waals surface area contributed by atoms with Crippen molar-refractivity contribution in [3.63, 3.8) is 0 Å². The lowest BCUT2D eigenvalue weighted by Gasteiger charge is -2.32. The Balaban J connectivity index is 1.84. The van der Waals surface area contributed by atoms with E-state index in [0.717, 1.165) is 30.4 Å². The highest BCUT2D eigenvalue weighted by Crippen LogP contribution is 2.27. The minimum Gasteiger partial charge on any atom is -0.482 e. The average Bonchev–Trinajstić information content (AvgIpc) is 2.60. The Morgan fingerprint density at radius 1 is 1.19 bits per heavy atom. The number of hydrogen-bond acceptors (Lipinski definition) is 5. The number of carbonyl (C=O) groups excluding carboxylic acids is 2. The van der Waals surface area contributed by atoms with Crippen LogP contribution in [0.1, 0.15) is 50.2 Å². The van der Waals surface area contributed by atoms with E-state index in [1.165, 1.54) is 6.92 Å². The molecule has 0 heterocycles. The van der Waals surface area contributed by atoms with Crippen molar-refractivity contribution in [3.05, 3.63) is 29.3 Å². The lowest BCUT2D eigenvalue weighted by molar-refractivity contribution is -0.157. The largest absolute Gasteiger partial charge is 0.482 e. The summed E-state index contributed by atoms with van der Waals surface area (Å²) in [6, 6.07) is 7.88. The maximum Gasteiger partial charge on any atom is 0.344 e. The van der Waals surface area contributed by atoms with Gasteiger partial charge in [0.25, 0.3) is 5.91 Å². The predicted octanol–water partition coefficient (Wildman–Crippen LogP) is 2.96. The fourth-order valence-corrected chi connectivity index (χ4v) is 3.20. The van der Waals surface area contributed by atoms with E-state index in [-0.39, 0.29) is 6.61 Å². The maximum atomic E-state index is 12.3. The molecule has 26 heavy (non-hydrogen) atoms. The highest BCUT2D eigenvalue weighted by atomic mass is 16.6. The molecule has 0 unspecified atom stereocenters. The number of carbonyl (C=O) groups is 2. The lowest BCUT2D eigenvalue weighted by atomic mass is 9.83. The van der Waals surface area contributed by atoms with Crippen molar-refractivity contribution in [2.45, 2.75) is 64.5 Å². The van der Waals surface area contributed by atoms with E-state index in [0.29, 0.717) is 18.6 Å². The standard InChI is InChI=1S/C20H26N2O4/c1-14-9-15(2)11-17(10-14)25-12-18(23)26-16(3)19(24)22-20(13-21)7-5-4-6-8-20/h9-11,16H,4-8,12H2,1-3H3,(H,22,24)/t16-/m0/s1. The van der Waals surface area contributed by atoms with Crippen LogP contribution in [0.4, 0.5) is 0 Å². The van der Waals surface area contributed by atoms with Gasteiger partial charge in [0.2, 0.25) is 0 Å². The van der Waals surface area contributed by atoms with Crippen LogP contribution < -0.4 is 10.1 Å². The number of rotatable bonds is 6. The molecule has 1 aromatic rings. The number of nitrogens with one attached hydrogen (secondary N) is 1. The number of amides is 1. The van der Waals surface area contributed by atoms with Gasteiger partial charge in [0.15, 0.2) is 12.7 Å². The Morgan fingerprint density at radius 3 is 2.38 bits per heavy atom. The zero-order valence-corrected chi connectivity index (χ0v) is 15.6. The number of hydrogen-bond donors (Lipinski definition) is 1. The molecule has 1 aliphatic carbocycles. The molecule has 1 aliphatic rings. The van der Waals surface area contributed by atoms with Crippen LogP contribution in [-0.4, -0.2) is 30.1 Å². The number of nitrogens with zero attached hydrogens (tertiary/aromatic N) is 1. The number of nitriles is 1. The third kappa shape index (κ3) is 5.48. The van der Waals surface area contributed by atoms with Crippen molar-refractivity contribution in [2.75, 3.05) is 6.61 Å². The molecule has 1 N–H and O–H groups in total. The van der Waals surface area contributed by atoms with Crippen LogP contribution in [0.15, 0.2) is 18.2 Å². The molecule has 1 fully saturated rings. The normalized spacial score (nSPS) is 16.8. The molecule has 1 saturated carbocycles. The smallest absolute Gasteiger partial charge is 0.344 e. The van der Waals surface area contributed by atoms with Crippen LogP contribution in [0.5, 0.6) is 5.75 Å². The topological polar surface area (TPSA) is 88.4 Å². The summed E-state index contributed by atoms with van der Waals surface area (Å²) in [4.78, 5) is 24.2. The molecule has 2 rings (SSSR count). The molecule has 1 amide bonds. The fraction of sp³-hybridized carbons (Fsp3) is 0.550. The summed E-state index contributed by atoms with van der Waals surface area (Å²) in [5.41, 5.74) is 1.23. The van der Waals surface area contributed by atoms with Crippen molar-refractivity contribution in [1.82, 2.24) is 5.32 Å². The van der Waals surface area contributed by atoms with Gasteiger partial charge in [0.1, 0.15) is 11.3 Å². The number of benzene rings is 1. The second kappa shape index (κ2) is 8.70. The zero-order valence-electron chi connectivity index (χ0n) is 15.6. The molecule has 1 aromatic carbocycles. The van der Waals surface area contributed by atoms with E-state index < -0.39 is 23.5 Å². The molecule has 0 bridgehead atoms. The molecular weight excluding hydrogens is 332 g/mol. The van der Waals surface area contributed by atoms with Gasteiger partial charge >= 0.3 is 5.97 Å². The summed E-state index contributed by atoms with van der Waals surface area (Å²) in [5, 5.41) is 12.2. The van der Waals surface area contributed by atoms with Gasteiger partial charge in [-0.15, -0.1) is 0 Å². The summed E-state index contributed by atoms with van der Waals surface area (Å²) < 4.78 is 10.6. The first kappa shape index (κ1) is 19.8. The van der Waals surface area contributed by atoms with Gasteiger partial charge in [-0.3, -0.25) is 4.79 Å². The van der Waals surface area contributed by atoms with E-state index in [1.807, 2.05) is 32.0 Å². The molecule has 0 aromatic heterocycles. The minimum absolute atomic E-state index is 0.274. The molecule has 0 radical (unpaired) electrons. The second-order valence-corrected chi connectivity index (χ2v) is 6.99. The SMILES string of the molecule is Cc1cc(C)cc(OCC(=O)O[C@@H](C)C(=O)NC2(C#N)CCCCC2)c1. The molecule has 0 saturated heterocycles. The quantitative estimate of drug-likeness (QED) is 0.790. The van der Waals surface area contributed by atoms with Crippen molar-refractivity contribution in [1.29, 1.82) is 5.26 Å². The first-order valence-electron chi connectivity index (χ1n) is 8.97. The van der Waals surface area contributed by atoms with Gasteiger partial charge in [-0.05, 0) is 56.9 Å². The summed E-state index contributed by atoms with van der Waals surface area (Å²) in [6.45, 7) is 5.11. The van der Waals surface area contributed by atoms with Gasteiger partial charge < -0.3 is 14.8 Å². The number of esters is 1. The van der Waals surface area contributed by atoms with Crippen LogP contribution in [0, 0.1) is 25.2 Å². The summed E-state index contributed by atoms with van der Waals surface area (Å²) in [7, 11) is 0. The van der Waals surface area contributed by atoms with E-state index in [9.17, 15) is 14.9 Å². The van der Waals surface area contributed by atoms with E-state index in [1.54, 1.807) is 0 Å². The van der Waals surface area contributed by atoms with Crippen molar-refractivity contribution in [3.8, 4) is 11.8 Å². The van der Waals surface area contributed by atoms with Crippen LogP contribution >= 0.6 is 0 Å². The monoisotopic (exact) mass is 358 g/mol. The predicted molar refractivity (Wildman–Crippen MR) is 96.5 cm³/mol. The van der Waals surface area contributed by atoms with E-state index in [4.69, 9.17) is 9.47 Å². The molecular formula is C20H26N2O4. The van der Waals surface area contributed by atoms with Crippen molar-refractivity contribution < 1.29 is 19.1 Å².